The fourth-order valence-corrected chi connectivity index (χ4v) is 3.70. The Hall–Kier alpha value is -2.38. The molecular weight excluding hydrogens is 426 g/mol. The zero-order chi connectivity index (χ0) is 19.4. The van der Waals surface area contributed by atoms with Crippen LogP contribution < -0.4 is 10.9 Å². The minimum atomic E-state index is -0.433. The van der Waals surface area contributed by atoms with Gasteiger partial charge in [-0.05, 0) is 43.3 Å². The average molecular weight is 444 g/mol. The van der Waals surface area contributed by atoms with Gasteiger partial charge in [0.05, 0.1) is 16.2 Å². The first kappa shape index (κ1) is 19.4. The second kappa shape index (κ2) is 8.54. The van der Waals surface area contributed by atoms with E-state index in [1.807, 2.05) is 36.4 Å². The van der Waals surface area contributed by atoms with Crippen molar-refractivity contribution >= 4 is 50.2 Å². The van der Waals surface area contributed by atoms with Crippen LogP contribution in [-0.2, 0) is 11.3 Å². The van der Waals surface area contributed by atoms with Gasteiger partial charge >= 0.3 is 0 Å². The van der Waals surface area contributed by atoms with Crippen LogP contribution in [0.3, 0.4) is 0 Å². The van der Waals surface area contributed by atoms with Gasteiger partial charge in [0.15, 0.2) is 5.16 Å². The molecule has 0 saturated carbocycles. The van der Waals surface area contributed by atoms with E-state index in [2.05, 4.69) is 32.8 Å². The molecule has 1 aromatic heterocycles. The number of carbonyl (C=O) groups excluding carboxylic acids is 1. The Morgan fingerprint density at radius 2 is 2.00 bits per heavy atom. The summed E-state index contributed by atoms with van der Waals surface area (Å²) in [6.07, 6.45) is 1.65. The number of anilines is 1. The molecule has 27 heavy (non-hydrogen) atoms. The van der Waals surface area contributed by atoms with Gasteiger partial charge < -0.3 is 5.32 Å². The second-order valence-corrected chi connectivity index (χ2v) is 8.10. The Morgan fingerprint density at radius 1 is 1.30 bits per heavy atom. The second-order valence-electron chi connectivity index (χ2n) is 5.87. The molecule has 0 aliphatic carbocycles. The van der Waals surface area contributed by atoms with Crippen LogP contribution in [0, 0.1) is 0 Å². The number of fused-ring (bicyclic) bond motifs is 1. The van der Waals surface area contributed by atoms with Crippen LogP contribution in [0.5, 0.6) is 0 Å². The van der Waals surface area contributed by atoms with E-state index in [0.717, 1.165) is 4.47 Å². The summed E-state index contributed by atoms with van der Waals surface area (Å²) >= 11 is 4.62. The van der Waals surface area contributed by atoms with E-state index in [1.54, 1.807) is 29.7 Å². The SMILES string of the molecule is C=CCn1c(S[C@@H](C)C(=O)Nc2ccc(Br)cc2)nc2ccccc2c1=O. The number of rotatable bonds is 6. The van der Waals surface area contributed by atoms with Crippen LogP contribution in [0.25, 0.3) is 10.9 Å². The predicted molar refractivity (Wildman–Crippen MR) is 114 cm³/mol. The average Bonchev–Trinajstić information content (AvgIpc) is 2.66. The monoisotopic (exact) mass is 443 g/mol. The van der Waals surface area contributed by atoms with Gasteiger partial charge in [-0.25, -0.2) is 4.98 Å². The fourth-order valence-electron chi connectivity index (χ4n) is 2.52. The molecule has 138 valence electrons. The van der Waals surface area contributed by atoms with E-state index >= 15 is 0 Å². The first-order valence-electron chi connectivity index (χ1n) is 8.33. The van der Waals surface area contributed by atoms with E-state index in [0.29, 0.717) is 28.3 Å². The molecule has 7 heteroatoms. The molecule has 0 saturated heterocycles. The lowest BCUT2D eigenvalue weighted by molar-refractivity contribution is -0.115. The normalized spacial score (nSPS) is 11.9. The number of allylic oxidation sites excluding steroid dienone is 1. The lowest BCUT2D eigenvalue weighted by atomic mass is 10.2. The highest BCUT2D eigenvalue weighted by atomic mass is 79.9. The maximum absolute atomic E-state index is 12.8. The number of para-hydroxylation sites is 1. The number of carbonyl (C=O) groups is 1. The number of amides is 1. The third-order valence-electron chi connectivity index (χ3n) is 3.90. The topological polar surface area (TPSA) is 64.0 Å². The van der Waals surface area contributed by atoms with Gasteiger partial charge in [0.25, 0.3) is 5.56 Å². The molecular formula is C20H18BrN3O2S. The molecule has 0 radical (unpaired) electrons. The van der Waals surface area contributed by atoms with Crippen molar-refractivity contribution in [2.24, 2.45) is 0 Å². The van der Waals surface area contributed by atoms with Crippen LogP contribution in [0.4, 0.5) is 5.69 Å². The Bertz CT molecular complexity index is 1050. The molecule has 3 aromatic rings. The van der Waals surface area contributed by atoms with Crippen molar-refractivity contribution in [3.8, 4) is 0 Å². The number of halogens is 1. The van der Waals surface area contributed by atoms with Crippen LogP contribution in [-0.4, -0.2) is 20.7 Å². The Balaban J connectivity index is 1.87. The molecule has 1 atom stereocenters. The number of thioether (sulfide) groups is 1. The van der Waals surface area contributed by atoms with Crippen molar-refractivity contribution in [1.82, 2.24) is 9.55 Å². The van der Waals surface area contributed by atoms with Crippen molar-refractivity contribution in [3.63, 3.8) is 0 Å². The largest absolute Gasteiger partial charge is 0.325 e. The van der Waals surface area contributed by atoms with Crippen molar-refractivity contribution in [1.29, 1.82) is 0 Å². The summed E-state index contributed by atoms with van der Waals surface area (Å²) in [6.45, 7) is 5.84. The summed E-state index contributed by atoms with van der Waals surface area (Å²) in [5.41, 5.74) is 1.19. The molecule has 0 unspecified atom stereocenters. The van der Waals surface area contributed by atoms with Gasteiger partial charge in [0, 0.05) is 16.7 Å². The Kier molecular flexibility index (Phi) is 6.13. The number of hydrogen-bond acceptors (Lipinski definition) is 4. The molecule has 3 rings (SSSR count). The number of nitrogens with zero attached hydrogens (tertiary/aromatic N) is 2. The van der Waals surface area contributed by atoms with Crippen LogP contribution >= 0.6 is 27.7 Å². The molecule has 1 amide bonds. The molecule has 2 aromatic carbocycles. The van der Waals surface area contributed by atoms with Gasteiger partial charge in [-0.1, -0.05) is 45.9 Å². The zero-order valence-electron chi connectivity index (χ0n) is 14.7. The van der Waals surface area contributed by atoms with E-state index < -0.39 is 5.25 Å². The van der Waals surface area contributed by atoms with Gasteiger partial charge in [-0.2, -0.15) is 0 Å². The summed E-state index contributed by atoms with van der Waals surface area (Å²) < 4.78 is 2.49. The van der Waals surface area contributed by atoms with Crippen molar-refractivity contribution in [2.75, 3.05) is 5.32 Å². The minimum absolute atomic E-state index is 0.136. The molecule has 1 heterocycles. The van der Waals surface area contributed by atoms with Gasteiger partial charge in [0.2, 0.25) is 5.91 Å². The van der Waals surface area contributed by atoms with E-state index in [1.165, 1.54) is 11.8 Å². The quantitative estimate of drug-likeness (QED) is 0.346. The van der Waals surface area contributed by atoms with Gasteiger partial charge in [0.1, 0.15) is 0 Å². The summed E-state index contributed by atoms with van der Waals surface area (Å²) in [4.78, 5) is 29.9. The first-order chi connectivity index (χ1) is 13.0. The Morgan fingerprint density at radius 3 is 2.70 bits per heavy atom. The van der Waals surface area contributed by atoms with Crippen LogP contribution in [0.15, 0.2) is 75.6 Å². The summed E-state index contributed by atoms with van der Waals surface area (Å²) in [5.74, 6) is -0.158. The lowest BCUT2D eigenvalue weighted by Gasteiger charge is -2.15. The predicted octanol–water partition coefficient (Wildman–Crippen LogP) is 4.46. The third kappa shape index (κ3) is 4.48. The number of hydrogen-bond donors (Lipinski definition) is 1. The number of aromatic nitrogens is 2. The number of nitrogens with one attached hydrogen (secondary N) is 1. The standard InChI is InChI=1S/C20H18BrN3O2S/c1-3-12-24-19(26)16-6-4-5-7-17(16)23-20(24)27-13(2)18(25)22-15-10-8-14(21)9-11-15/h3-11,13H,1,12H2,2H3,(H,22,25)/t13-/m0/s1. The molecule has 0 fully saturated rings. The number of benzene rings is 2. The molecule has 1 N–H and O–H groups in total. The highest BCUT2D eigenvalue weighted by Crippen LogP contribution is 2.24. The highest BCUT2D eigenvalue weighted by Gasteiger charge is 2.19. The minimum Gasteiger partial charge on any atom is -0.325 e. The van der Waals surface area contributed by atoms with E-state index in [-0.39, 0.29) is 11.5 Å². The Labute approximate surface area is 169 Å². The maximum atomic E-state index is 12.8. The van der Waals surface area contributed by atoms with E-state index in [4.69, 9.17) is 0 Å². The smallest absolute Gasteiger partial charge is 0.262 e. The van der Waals surface area contributed by atoms with Crippen LogP contribution in [0.1, 0.15) is 6.92 Å². The van der Waals surface area contributed by atoms with Crippen molar-refractivity contribution < 1.29 is 4.79 Å². The molecule has 0 bridgehead atoms. The molecule has 0 spiro atoms. The third-order valence-corrected chi connectivity index (χ3v) is 5.52. The molecule has 0 aliphatic heterocycles. The molecule has 0 aliphatic rings. The highest BCUT2D eigenvalue weighted by molar-refractivity contribution is 9.10. The lowest BCUT2D eigenvalue weighted by Crippen LogP contribution is -2.26. The van der Waals surface area contributed by atoms with Gasteiger partial charge in [-0.3, -0.25) is 14.2 Å². The summed E-state index contributed by atoms with van der Waals surface area (Å²) in [5, 5.41) is 3.49. The zero-order valence-corrected chi connectivity index (χ0v) is 17.1. The summed E-state index contributed by atoms with van der Waals surface area (Å²) in [7, 11) is 0. The van der Waals surface area contributed by atoms with Crippen molar-refractivity contribution in [2.45, 2.75) is 23.9 Å². The summed E-state index contributed by atoms with van der Waals surface area (Å²) in [6, 6.07) is 14.6. The first-order valence-corrected chi connectivity index (χ1v) is 10.0. The van der Waals surface area contributed by atoms with Crippen LogP contribution in [0.2, 0.25) is 0 Å². The van der Waals surface area contributed by atoms with Gasteiger partial charge in [-0.15, -0.1) is 6.58 Å². The molecule has 5 nitrogen and oxygen atoms in total. The van der Waals surface area contributed by atoms with E-state index in [9.17, 15) is 9.59 Å². The fraction of sp³-hybridized carbons (Fsp3) is 0.150. The maximum Gasteiger partial charge on any atom is 0.262 e. The van der Waals surface area contributed by atoms with Crippen molar-refractivity contribution in [3.05, 3.63) is 76.0 Å².